The van der Waals surface area contributed by atoms with E-state index in [4.69, 9.17) is 14.2 Å². The number of amides is 1. The number of thiophene rings is 1. The van der Waals surface area contributed by atoms with Crippen LogP contribution >= 0.6 is 11.3 Å². The molecule has 1 aliphatic heterocycles. The summed E-state index contributed by atoms with van der Waals surface area (Å²) in [4.78, 5) is 29.5. The van der Waals surface area contributed by atoms with Crippen LogP contribution in [-0.2, 0) is 9.53 Å². The summed E-state index contributed by atoms with van der Waals surface area (Å²) in [6.07, 6.45) is 1.84. The molecule has 1 saturated heterocycles. The molecule has 1 amide bonds. The summed E-state index contributed by atoms with van der Waals surface area (Å²) in [5.41, 5.74) is -0.284. The summed E-state index contributed by atoms with van der Waals surface area (Å²) in [5.74, 6) is -3.43. The van der Waals surface area contributed by atoms with Crippen LogP contribution in [0.4, 0.5) is 14.6 Å². The van der Waals surface area contributed by atoms with Crippen molar-refractivity contribution in [2.24, 2.45) is 0 Å². The van der Waals surface area contributed by atoms with Gasteiger partial charge >= 0.3 is 0 Å². The van der Waals surface area contributed by atoms with Gasteiger partial charge in [-0.15, -0.1) is 11.3 Å². The Morgan fingerprint density at radius 1 is 1.17 bits per heavy atom. The number of fused-ring (bicyclic) bond motifs is 1. The number of hydrogen-bond donors (Lipinski definition) is 2. The second-order valence-corrected chi connectivity index (χ2v) is 8.82. The lowest BCUT2D eigenvalue weighted by molar-refractivity contribution is -0.117. The van der Waals surface area contributed by atoms with Crippen LogP contribution in [-0.4, -0.2) is 56.2 Å². The number of carbonyl (C=O) groups excluding carboxylic acids is 2. The second-order valence-electron chi connectivity index (χ2n) is 7.74. The van der Waals surface area contributed by atoms with E-state index in [1.807, 2.05) is 0 Å². The fourth-order valence-electron chi connectivity index (χ4n) is 3.81. The predicted molar refractivity (Wildman–Crippen MR) is 127 cm³/mol. The lowest BCUT2D eigenvalue weighted by atomic mass is 10.0. The maximum Gasteiger partial charge on any atom is 0.243 e. The van der Waals surface area contributed by atoms with E-state index in [0.29, 0.717) is 35.7 Å². The van der Waals surface area contributed by atoms with Crippen molar-refractivity contribution in [3.05, 3.63) is 59.0 Å². The molecule has 0 saturated carbocycles. The van der Waals surface area contributed by atoms with Gasteiger partial charge in [0.15, 0.2) is 23.1 Å². The highest BCUT2D eigenvalue weighted by molar-refractivity contribution is 7.20. The Hall–Kier alpha value is -3.57. The highest BCUT2D eigenvalue weighted by Crippen LogP contribution is 2.35. The average Bonchev–Trinajstić information content (AvgIpc) is 3.29. The lowest BCUT2D eigenvalue weighted by Crippen LogP contribution is -2.52. The topological polar surface area (TPSA) is 98.8 Å². The van der Waals surface area contributed by atoms with Crippen molar-refractivity contribution in [1.29, 1.82) is 0 Å². The average molecular weight is 504 g/mol. The van der Waals surface area contributed by atoms with Gasteiger partial charge in [-0.1, -0.05) is 6.58 Å². The molecule has 3 aromatic rings. The van der Waals surface area contributed by atoms with Crippen LogP contribution in [0.1, 0.15) is 21.7 Å². The Morgan fingerprint density at radius 3 is 2.54 bits per heavy atom. The number of nitrogens with zero attached hydrogens (tertiary/aromatic N) is 1. The molecular weight excluding hydrogens is 480 g/mol. The predicted octanol–water partition coefficient (Wildman–Crippen LogP) is 3.69. The Balaban J connectivity index is 1.62. The maximum absolute atomic E-state index is 14.8. The summed E-state index contributed by atoms with van der Waals surface area (Å²) in [6, 6.07) is 5.60. The first-order valence-electron chi connectivity index (χ1n) is 10.7. The molecule has 2 N–H and O–H groups in total. The molecule has 8 nitrogen and oxygen atoms in total. The number of ether oxygens (including phenoxy) is 3. The first-order valence-corrected chi connectivity index (χ1v) is 11.5. The zero-order valence-corrected chi connectivity index (χ0v) is 19.8. The van der Waals surface area contributed by atoms with E-state index < -0.39 is 23.0 Å². The minimum Gasteiger partial charge on any atom is -0.494 e. The second kappa shape index (κ2) is 10.4. The van der Waals surface area contributed by atoms with Crippen LogP contribution in [0.2, 0.25) is 0 Å². The van der Waals surface area contributed by atoms with Crippen LogP contribution in [0.3, 0.4) is 0 Å². The van der Waals surface area contributed by atoms with Crippen LogP contribution in [0.25, 0.3) is 10.2 Å². The van der Waals surface area contributed by atoms with Gasteiger partial charge in [-0.2, -0.15) is 0 Å². The number of benzene rings is 1. The third-order valence-corrected chi connectivity index (χ3v) is 6.69. The van der Waals surface area contributed by atoms with E-state index in [9.17, 15) is 18.4 Å². The quantitative estimate of drug-likeness (QED) is 0.357. The fourth-order valence-corrected chi connectivity index (χ4v) is 4.76. The van der Waals surface area contributed by atoms with E-state index in [1.54, 1.807) is 12.1 Å². The van der Waals surface area contributed by atoms with Gasteiger partial charge in [-0.05, 0) is 30.7 Å². The smallest absolute Gasteiger partial charge is 0.243 e. The third kappa shape index (κ3) is 4.96. The number of rotatable bonds is 8. The van der Waals surface area contributed by atoms with Crippen molar-refractivity contribution in [3.63, 3.8) is 0 Å². The Labute approximate surface area is 203 Å². The number of nitrogens with one attached hydrogen (secondary N) is 2. The van der Waals surface area contributed by atoms with Crippen molar-refractivity contribution in [2.75, 3.05) is 32.8 Å². The molecule has 2 atom stereocenters. The molecule has 0 spiro atoms. The number of carbonyl (C=O) groups is 2. The molecule has 35 heavy (non-hydrogen) atoms. The van der Waals surface area contributed by atoms with Crippen LogP contribution in [0, 0.1) is 11.6 Å². The number of anilines is 1. The monoisotopic (exact) mass is 503 g/mol. The minimum absolute atomic E-state index is 0.106. The number of hydrogen-bond acceptors (Lipinski definition) is 8. The van der Waals surface area contributed by atoms with Crippen LogP contribution in [0.5, 0.6) is 11.5 Å². The van der Waals surface area contributed by atoms with Crippen molar-refractivity contribution >= 4 is 39.1 Å². The molecule has 0 radical (unpaired) electrons. The zero-order valence-electron chi connectivity index (χ0n) is 19.0. The molecule has 1 fully saturated rings. The molecule has 4 rings (SSSR count). The SMILES string of the molecule is C=CC(=O)NC1CCOCC1Nc1ccc2sc(C(=O)c3c(F)c(OC)cc(OC)c3F)cc2n1. The van der Waals surface area contributed by atoms with Crippen molar-refractivity contribution in [1.82, 2.24) is 10.3 Å². The van der Waals surface area contributed by atoms with E-state index in [0.717, 1.165) is 17.4 Å². The van der Waals surface area contributed by atoms with E-state index >= 15 is 0 Å². The van der Waals surface area contributed by atoms with Crippen molar-refractivity contribution in [2.45, 2.75) is 18.5 Å². The molecular formula is C24H23F2N3O5S. The van der Waals surface area contributed by atoms with Gasteiger partial charge in [0.1, 0.15) is 11.4 Å². The summed E-state index contributed by atoms with van der Waals surface area (Å²) in [7, 11) is 2.43. The number of ketones is 1. The summed E-state index contributed by atoms with van der Waals surface area (Å²) in [5, 5.41) is 6.13. The summed E-state index contributed by atoms with van der Waals surface area (Å²) in [6.45, 7) is 4.36. The fraction of sp³-hybridized carbons (Fsp3) is 0.292. The number of halogens is 2. The number of methoxy groups -OCH3 is 2. The molecule has 11 heteroatoms. The van der Waals surface area contributed by atoms with Gasteiger partial charge in [-0.25, -0.2) is 13.8 Å². The molecule has 1 aromatic carbocycles. The first-order chi connectivity index (χ1) is 16.9. The van der Waals surface area contributed by atoms with E-state index in [-0.39, 0.29) is 34.4 Å². The van der Waals surface area contributed by atoms with Crippen molar-refractivity contribution < 1.29 is 32.6 Å². The molecule has 3 heterocycles. The Morgan fingerprint density at radius 2 is 1.89 bits per heavy atom. The van der Waals surface area contributed by atoms with Gasteiger partial charge in [-0.3, -0.25) is 9.59 Å². The molecule has 0 aliphatic carbocycles. The largest absolute Gasteiger partial charge is 0.494 e. The molecule has 2 aromatic heterocycles. The highest BCUT2D eigenvalue weighted by Gasteiger charge is 2.29. The maximum atomic E-state index is 14.8. The lowest BCUT2D eigenvalue weighted by Gasteiger charge is -2.32. The molecule has 2 unspecified atom stereocenters. The summed E-state index contributed by atoms with van der Waals surface area (Å²) < 4.78 is 45.7. The molecule has 1 aliphatic rings. The third-order valence-electron chi connectivity index (χ3n) is 5.60. The highest BCUT2D eigenvalue weighted by atomic mass is 32.1. The van der Waals surface area contributed by atoms with Gasteiger partial charge in [0.05, 0.1) is 48.0 Å². The standard InChI is InChI=1S/C24H23F2N3O5S/c1-4-20(30)29-12-7-8-34-11-14(12)28-19-6-5-17-13(27-19)9-18(35-17)24(31)21-22(25)15(32-2)10-16(33-3)23(21)26/h4-6,9-10,12,14H,1,7-8,11H2,2-3H3,(H,27,28)(H,29,30). The zero-order chi connectivity index (χ0) is 25.1. The van der Waals surface area contributed by atoms with Gasteiger partial charge in [0.2, 0.25) is 11.7 Å². The van der Waals surface area contributed by atoms with Gasteiger partial charge < -0.3 is 24.8 Å². The first kappa shape index (κ1) is 24.6. The Bertz CT molecular complexity index is 1270. The van der Waals surface area contributed by atoms with E-state index in [2.05, 4.69) is 22.2 Å². The van der Waals surface area contributed by atoms with E-state index in [1.165, 1.54) is 26.4 Å². The van der Waals surface area contributed by atoms with Crippen LogP contribution in [0.15, 0.2) is 36.9 Å². The molecule has 184 valence electrons. The number of aromatic nitrogens is 1. The van der Waals surface area contributed by atoms with Crippen molar-refractivity contribution in [3.8, 4) is 11.5 Å². The van der Waals surface area contributed by atoms with Gasteiger partial charge in [0.25, 0.3) is 0 Å². The normalized spacial score (nSPS) is 17.6. The summed E-state index contributed by atoms with van der Waals surface area (Å²) >= 11 is 1.06. The minimum atomic E-state index is -1.10. The number of pyridine rings is 1. The van der Waals surface area contributed by atoms with Crippen LogP contribution < -0.4 is 20.1 Å². The molecule has 0 bridgehead atoms. The van der Waals surface area contributed by atoms with Gasteiger partial charge in [0, 0.05) is 12.7 Å². The Kier molecular flexibility index (Phi) is 7.27.